The van der Waals surface area contributed by atoms with Gasteiger partial charge in [-0.25, -0.2) is 0 Å². The van der Waals surface area contributed by atoms with Gasteiger partial charge < -0.3 is 5.11 Å². The molecule has 1 atom stereocenters. The maximum absolute atomic E-state index is 12.3. The predicted molar refractivity (Wildman–Crippen MR) is 108 cm³/mol. The van der Waals surface area contributed by atoms with Crippen molar-refractivity contribution in [3.63, 3.8) is 0 Å². The first-order valence-corrected chi connectivity index (χ1v) is 9.79. The molecule has 1 aliphatic heterocycles. The van der Waals surface area contributed by atoms with Gasteiger partial charge in [0.25, 0.3) is 5.56 Å². The van der Waals surface area contributed by atoms with Crippen LogP contribution in [0.4, 0.5) is 0 Å². The third-order valence-electron chi connectivity index (χ3n) is 4.82. The summed E-state index contributed by atoms with van der Waals surface area (Å²) in [6.45, 7) is 3.41. The van der Waals surface area contributed by atoms with E-state index in [1.54, 1.807) is 10.8 Å². The number of hydrogen-bond acceptors (Lipinski definition) is 6. The number of aromatic amines is 1. The summed E-state index contributed by atoms with van der Waals surface area (Å²) in [7, 11) is 0. The number of hydrogen-bond donors (Lipinski definition) is 2. The second-order valence-electron chi connectivity index (χ2n) is 6.71. The van der Waals surface area contributed by atoms with E-state index >= 15 is 0 Å². The zero-order valence-electron chi connectivity index (χ0n) is 15.5. The smallest absolute Gasteiger partial charge is 0.264 e. The third kappa shape index (κ3) is 4.44. The van der Waals surface area contributed by atoms with Crippen molar-refractivity contribution in [1.29, 1.82) is 0 Å². The van der Waals surface area contributed by atoms with Crippen molar-refractivity contribution in [2.24, 2.45) is 5.10 Å². The number of nitrogens with zero attached hydrogens (tertiary/aromatic N) is 4. The molecule has 0 radical (unpaired) electrons. The fourth-order valence-corrected chi connectivity index (χ4v) is 3.58. The molecule has 3 rings (SSSR count). The van der Waals surface area contributed by atoms with Crippen molar-refractivity contribution in [2.75, 3.05) is 6.54 Å². The highest BCUT2D eigenvalue weighted by molar-refractivity contribution is 7.71. The van der Waals surface area contributed by atoms with E-state index in [0.29, 0.717) is 6.54 Å². The van der Waals surface area contributed by atoms with Gasteiger partial charge in [0.1, 0.15) is 5.56 Å². The van der Waals surface area contributed by atoms with E-state index in [-0.39, 0.29) is 22.3 Å². The molecule has 2 aromatic rings. The second-order valence-corrected chi connectivity index (χ2v) is 7.09. The molecule has 2 N–H and O–H groups in total. The number of unbranched alkanes of at least 4 members (excludes halogenated alkanes) is 1. The Kier molecular flexibility index (Phi) is 6.39. The molecular formula is C19H25N5O2S. The highest BCUT2D eigenvalue weighted by atomic mass is 32.1. The molecule has 0 amide bonds. The van der Waals surface area contributed by atoms with Gasteiger partial charge in [-0.1, -0.05) is 19.4 Å². The Morgan fingerprint density at radius 3 is 3.07 bits per heavy atom. The van der Waals surface area contributed by atoms with Gasteiger partial charge in [0.05, 0.1) is 12.3 Å². The van der Waals surface area contributed by atoms with Gasteiger partial charge in [-0.2, -0.15) is 5.10 Å². The van der Waals surface area contributed by atoms with Crippen LogP contribution in [-0.4, -0.2) is 37.4 Å². The monoisotopic (exact) mass is 387 g/mol. The largest absolute Gasteiger partial charge is 0.494 e. The molecule has 7 nitrogen and oxygen atoms in total. The van der Waals surface area contributed by atoms with Crippen molar-refractivity contribution in [3.8, 4) is 5.88 Å². The van der Waals surface area contributed by atoms with Gasteiger partial charge in [-0.15, -0.1) is 0 Å². The Morgan fingerprint density at radius 1 is 1.48 bits per heavy atom. The van der Waals surface area contributed by atoms with E-state index in [2.05, 4.69) is 22.0 Å². The van der Waals surface area contributed by atoms with Crippen LogP contribution in [0.15, 0.2) is 34.4 Å². The minimum absolute atomic E-state index is 0.121. The Labute approximate surface area is 163 Å². The van der Waals surface area contributed by atoms with Gasteiger partial charge in [-0.3, -0.25) is 24.3 Å². The van der Waals surface area contributed by atoms with Crippen LogP contribution in [0.25, 0.3) is 0 Å². The van der Waals surface area contributed by atoms with Gasteiger partial charge in [0.2, 0.25) is 5.88 Å². The maximum Gasteiger partial charge on any atom is 0.264 e. The lowest BCUT2D eigenvalue weighted by atomic mass is 9.98. The van der Waals surface area contributed by atoms with Crippen molar-refractivity contribution in [2.45, 2.75) is 51.6 Å². The molecule has 3 heterocycles. The SMILES string of the molecule is CCCCn1c(O)c(/C=N/N2CCCC[C@H]2c2cccnc2)c(=O)[nH]c1=S. The fraction of sp³-hybridized carbons (Fsp3) is 0.474. The summed E-state index contributed by atoms with van der Waals surface area (Å²) in [5.41, 5.74) is 0.811. The first-order valence-electron chi connectivity index (χ1n) is 9.38. The molecule has 0 saturated carbocycles. The topological polar surface area (TPSA) is 86.5 Å². The number of aromatic hydroxyl groups is 1. The maximum atomic E-state index is 12.3. The third-order valence-corrected chi connectivity index (χ3v) is 5.14. The zero-order valence-corrected chi connectivity index (χ0v) is 16.3. The Balaban J connectivity index is 1.90. The summed E-state index contributed by atoms with van der Waals surface area (Å²) in [5.74, 6) is -0.129. The normalized spacial score (nSPS) is 17.5. The first kappa shape index (κ1) is 19.3. The van der Waals surface area contributed by atoms with E-state index in [4.69, 9.17) is 12.2 Å². The first-order chi connectivity index (χ1) is 13.1. The van der Waals surface area contributed by atoms with Crippen LogP contribution in [0, 0.1) is 4.77 Å². The summed E-state index contributed by atoms with van der Waals surface area (Å²) in [5, 5.41) is 17.1. The Bertz CT molecular complexity index is 907. The van der Waals surface area contributed by atoms with Crippen LogP contribution in [0.5, 0.6) is 5.88 Å². The molecule has 27 heavy (non-hydrogen) atoms. The van der Waals surface area contributed by atoms with Crippen molar-refractivity contribution >= 4 is 18.4 Å². The van der Waals surface area contributed by atoms with Crippen LogP contribution in [0.3, 0.4) is 0 Å². The zero-order chi connectivity index (χ0) is 19.2. The fourth-order valence-electron chi connectivity index (χ4n) is 3.31. The minimum atomic E-state index is -0.427. The Hall–Kier alpha value is -2.48. The number of piperidine rings is 1. The van der Waals surface area contributed by atoms with E-state index in [0.717, 1.165) is 44.2 Å². The number of pyridine rings is 1. The average Bonchev–Trinajstić information content (AvgIpc) is 2.68. The number of H-pyrrole nitrogens is 1. The summed E-state index contributed by atoms with van der Waals surface area (Å²) in [6.07, 6.45) is 10.0. The van der Waals surface area contributed by atoms with Crippen LogP contribution in [0.2, 0.25) is 0 Å². The molecule has 0 aliphatic carbocycles. The summed E-state index contributed by atoms with van der Waals surface area (Å²) < 4.78 is 1.78. The molecule has 0 bridgehead atoms. The molecule has 2 aromatic heterocycles. The number of rotatable bonds is 6. The second kappa shape index (κ2) is 8.94. The van der Waals surface area contributed by atoms with Gasteiger partial charge in [-0.05, 0) is 49.5 Å². The highest BCUT2D eigenvalue weighted by Gasteiger charge is 2.23. The number of hydrazone groups is 1. The molecule has 1 saturated heterocycles. The quantitative estimate of drug-likeness (QED) is 0.586. The molecule has 0 aromatic carbocycles. The molecule has 1 aliphatic rings. The van der Waals surface area contributed by atoms with Crippen LogP contribution in [0.1, 0.15) is 56.2 Å². The van der Waals surface area contributed by atoms with Crippen molar-refractivity contribution in [3.05, 3.63) is 50.8 Å². The van der Waals surface area contributed by atoms with Gasteiger partial charge >= 0.3 is 0 Å². The molecule has 0 spiro atoms. The predicted octanol–water partition coefficient (Wildman–Crippen LogP) is 3.37. The number of aromatic nitrogens is 3. The van der Waals surface area contributed by atoms with E-state index in [1.807, 2.05) is 23.3 Å². The molecule has 0 unspecified atom stereocenters. The summed E-state index contributed by atoms with van der Waals surface area (Å²) >= 11 is 5.18. The van der Waals surface area contributed by atoms with Crippen molar-refractivity contribution < 1.29 is 5.11 Å². The van der Waals surface area contributed by atoms with Gasteiger partial charge in [0, 0.05) is 25.5 Å². The lowest BCUT2D eigenvalue weighted by Crippen LogP contribution is -2.29. The molecule has 8 heteroatoms. The molecular weight excluding hydrogens is 362 g/mol. The van der Waals surface area contributed by atoms with E-state index < -0.39 is 5.56 Å². The van der Waals surface area contributed by atoms with Crippen LogP contribution in [-0.2, 0) is 6.54 Å². The number of nitrogens with one attached hydrogen (secondary N) is 1. The summed E-state index contributed by atoms with van der Waals surface area (Å²) in [4.78, 5) is 19.1. The summed E-state index contributed by atoms with van der Waals surface area (Å²) in [6, 6.07) is 4.08. The van der Waals surface area contributed by atoms with Crippen LogP contribution < -0.4 is 5.56 Å². The standard InChI is InChI=1S/C19H25N5O2S/c1-2-3-10-23-18(26)15(17(25)22-19(23)27)13-21-24-11-5-4-8-16(24)14-7-6-9-20-12-14/h6-7,9,12-13,16,26H,2-5,8,10-11H2,1H3,(H,22,25,27)/b21-13+/t16-/m0/s1. The lowest BCUT2D eigenvalue weighted by Gasteiger charge is -2.33. The van der Waals surface area contributed by atoms with E-state index in [1.165, 1.54) is 6.21 Å². The lowest BCUT2D eigenvalue weighted by molar-refractivity contribution is 0.156. The van der Waals surface area contributed by atoms with Crippen molar-refractivity contribution in [1.82, 2.24) is 19.5 Å². The average molecular weight is 388 g/mol. The van der Waals surface area contributed by atoms with Gasteiger partial charge in [0.15, 0.2) is 4.77 Å². The highest BCUT2D eigenvalue weighted by Crippen LogP contribution is 2.30. The molecule has 1 fully saturated rings. The molecule has 144 valence electrons. The minimum Gasteiger partial charge on any atom is -0.494 e. The Morgan fingerprint density at radius 2 is 2.33 bits per heavy atom. The van der Waals surface area contributed by atoms with Crippen LogP contribution >= 0.6 is 12.2 Å². The van der Waals surface area contributed by atoms with E-state index in [9.17, 15) is 9.90 Å².